The van der Waals surface area contributed by atoms with Crippen LogP contribution in [0.3, 0.4) is 0 Å². The molecule has 0 saturated carbocycles. The van der Waals surface area contributed by atoms with E-state index in [1.807, 2.05) is 6.07 Å². The lowest BCUT2D eigenvalue weighted by Gasteiger charge is -2.13. The SMILES string of the molecule is CC(NS(=O)(=O)c1ccc(C#N)cc1)c1ccccn1. The molecule has 6 heteroatoms. The molecule has 0 aliphatic heterocycles. The molecule has 1 N–H and O–H groups in total. The van der Waals surface area contributed by atoms with Crippen LogP contribution >= 0.6 is 0 Å². The van der Waals surface area contributed by atoms with E-state index in [-0.39, 0.29) is 4.90 Å². The first-order valence-electron chi connectivity index (χ1n) is 5.96. The fourth-order valence-corrected chi connectivity index (χ4v) is 2.92. The van der Waals surface area contributed by atoms with Crippen molar-refractivity contribution < 1.29 is 8.42 Å². The Kier molecular flexibility index (Phi) is 4.13. The molecule has 0 fully saturated rings. The largest absolute Gasteiger partial charge is 0.260 e. The minimum atomic E-state index is -3.63. The molecule has 20 heavy (non-hydrogen) atoms. The summed E-state index contributed by atoms with van der Waals surface area (Å²) in [6.07, 6.45) is 1.61. The summed E-state index contributed by atoms with van der Waals surface area (Å²) >= 11 is 0. The van der Waals surface area contributed by atoms with Crippen molar-refractivity contribution in [1.29, 1.82) is 5.26 Å². The molecule has 1 unspecified atom stereocenters. The Hall–Kier alpha value is -2.23. The Balaban J connectivity index is 2.21. The summed E-state index contributed by atoms with van der Waals surface area (Å²) in [6, 6.07) is 12.6. The molecule has 1 aromatic heterocycles. The molecule has 2 rings (SSSR count). The van der Waals surface area contributed by atoms with Gasteiger partial charge in [0.25, 0.3) is 0 Å². The van der Waals surface area contributed by atoms with E-state index >= 15 is 0 Å². The number of nitriles is 1. The number of hydrogen-bond donors (Lipinski definition) is 1. The maximum Gasteiger partial charge on any atom is 0.241 e. The van der Waals surface area contributed by atoms with Gasteiger partial charge in [0, 0.05) is 6.20 Å². The fourth-order valence-electron chi connectivity index (χ4n) is 1.70. The highest BCUT2D eigenvalue weighted by atomic mass is 32.2. The van der Waals surface area contributed by atoms with Crippen LogP contribution in [-0.2, 0) is 10.0 Å². The van der Waals surface area contributed by atoms with Crippen molar-refractivity contribution in [3.05, 3.63) is 59.9 Å². The van der Waals surface area contributed by atoms with Crippen molar-refractivity contribution in [2.75, 3.05) is 0 Å². The molecular formula is C14H13N3O2S. The molecule has 1 aromatic carbocycles. The molecule has 2 aromatic rings. The normalized spacial score (nSPS) is 12.6. The molecule has 0 aliphatic carbocycles. The second kappa shape index (κ2) is 5.82. The second-order valence-electron chi connectivity index (χ2n) is 4.23. The molecular weight excluding hydrogens is 274 g/mol. The Morgan fingerprint density at radius 3 is 2.45 bits per heavy atom. The maximum atomic E-state index is 12.2. The van der Waals surface area contributed by atoms with Gasteiger partial charge in [0.1, 0.15) is 0 Å². The number of benzene rings is 1. The molecule has 0 bridgehead atoms. The topological polar surface area (TPSA) is 82.9 Å². The first kappa shape index (κ1) is 14.2. The molecule has 0 saturated heterocycles. The number of rotatable bonds is 4. The van der Waals surface area contributed by atoms with Crippen molar-refractivity contribution in [3.63, 3.8) is 0 Å². The van der Waals surface area contributed by atoms with Crippen LogP contribution in [0.2, 0.25) is 0 Å². The molecule has 0 amide bonds. The predicted molar refractivity (Wildman–Crippen MR) is 74.1 cm³/mol. The van der Waals surface area contributed by atoms with Gasteiger partial charge in [-0.2, -0.15) is 5.26 Å². The highest BCUT2D eigenvalue weighted by Gasteiger charge is 2.18. The van der Waals surface area contributed by atoms with E-state index in [1.54, 1.807) is 31.3 Å². The quantitative estimate of drug-likeness (QED) is 0.932. The van der Waals surface area contributed by atoms with Crippen LogP contribution in [0.5, 0.6) is 0 Å². The van der Waals surface area contributed by atoms with Crippen molar-refractivity contribution in [1.82, 2.24) is 9.71 Å². The molecule has 5 nitrogen and oxygen atoms in total. The van der Waals surface area contributed by atoms with Gasteiger partial charge in [-0.15, -0.1) is 0 Å². The number of pyridine rings is 1. The van der Waals surface area contributed by atoms with Crippen molar-refractivity contribution in [3.8, 4) is 6.07 Å². The van der Waals surface area contributed by atoms with Gasteiger partial charge in [0.2, 0.25) is 10.0 Å². The average Bonchev–Trinajstić information content (AvgIpc) is 2.48. The van der Waals surface area contributed by atoms with E-state index in [4.69, 9.17) is 5.26 Å². The van der Waals surface area contributed by atoms with Gasteiger partial charge in [0.15, 0.2) is 0 Å². The van der Waals surface area contributed by atoms with E-state index in [9.17, 15) is 8.42 Å². The number of nitrogens with zero attached hydrogens (tertiary/aromatic N) is 2. The van der Waals surface area contributed by atoms with Gasteiger partial charge in [0.05, 0.1) is 28.3 Å². The van der Waals surface area contributed by atoms with Crippen LogP contribution < -0.4 is 4.72 Å². The second-order valence-corrected chi connectivity index (χ2v) is 5.95. The van der Waals surface area contributed by atoms with Gasteiger partial charge < -0.3 is 0 Å². The Morgan fingerprint density at radius 1 is 1.20 bits per heavy atom. The molecule has 0 spiro atoms. The van der Waals surface area contributed by atoms with Crippen molar-refractivity contribution in [2.45, 2.75) is 17.9 Å². The van der Waals surface area contributed by atoms with E-state index in [2.05, 4.69) is 9.71 Å². The third-order valence-corrected chi connectivity index (χ3v) is 4.31. The first-order valence-corrected chi connectivity index (χ1v) is 7.44. The third-order valence-electron chi connectivity index (χ3n) is 2.76. The van der Waals surface area contributed by atoms with E-state index in [0.29, 0.717) is 11.3 Å². The zero-order chi connectivity index (χ0) is 14.6. The Bertz CT molecular complexity index is 719. The van der Waals surface area contributed by atoms with Crippen LogP contribution in [0.1, 0.15) is 24.2 Å². The van der Waals surface area contributed by atoms with Gasteiger partial charge >= 0.3 is 0 Å². The van der Waals surface area contributed by atoms with E-state index in [0.717, 1.165) is 0 Å². The van der Waals surface area contributed by atoms with Crippen molar-refractivity contribution in [2.24, 2.45) is 0 Å². The summed E-state index contributed by atoms with van der Waals surface area (Å²) in [4.78, 5) is 4.24. The summed E-state index contributed by atoms with van der Waals surface area (Å²) in [5.74, 6) is 0. The highest BCUT2D eigenvalue weighted by Crippen LogP contribution is 2.15. The van der Waals surface area contributed by atoms with Crippen LogP contribution in [0, 0.1) is 11.3 Å². The monoisotopic (exact) mass is 287 g/mol. The summed E-state index contributed by atoms with van der Waals surface area (Å²) in [6.45, 7) is 1.73. The fraction of sp³-hybridized carbons (Fsp3) is 0.143. The molecule has 102 valence electrons. The van der Waals surface area contributed by atoms with E-state index in [1.165, 1.54) is 24.3 Å². The van der Waals surface area contributed by atoms with Crippen molar-refractivity contribution >= 4 is 10.0 Å². The Labute approximate surface area is 118 Å². The molecule has 1 heterocycles. The van der Waals surface area contributed by atoms with Gasteiger partial charge in [-0.1, -0.05) is 6.07 Å². The minimum Gasteiger partial charge on any atom is -0.260 e. The lowest BCUT2D eigenvalue weighted by molar-refractivity contribution is 0.564. The van der Waals surface area contributed by atoms with Gasteiger partial charge in [-0.3, -0.25) is 4.98 Å². The van der Waals surface area contributed by atoms with Crippen LogP contribution in [0.15, 0.2) is 53.6 Å². The predicted octanol–water partition coefficient (Wildman–Crippen LogP) is 1.99. The van der Waals surface area contributed by atoms with Crippen LogP contribution in [0.25, 0.3) is 0 Å². The van der Waals surface area contributed by atoms with Crippen LogP contribution in [0.4, 0.5) is 0 Å². The molecule has 0 aliphatic rings. The van der Waals surface area contributed by atoms with E-state index < -0.39 is 16.1 Å². The number of aromatic nitrogens is 1. The maximum absolute atomic E-state index is 12.2. The summed E-state index contributed by atoms with van der Waals surface area (Å²) in [7, 11) is -3.63. The summed E-state index contributed by atoms with van der Waals surface area (Å²) in [5, 5.41) is 8.70. The van der Waals surface area contributed by atoms with Crippen LogP contribution in [-0.4, -0.2) is 13.4 Å². The average molecular weight is 287 g/mol. The first-order chi connectivity index (χ1) is 9.53. The molecule has 0 radical (unpaired) electrons. The Morgan fingerprint density at radius 2 is 1.90 bits per heavy atom. The zero-order valence-electron chi connectivity index (χ0n) is 10.8. The lowest BCUT2D eigenvalue weighted by Crippen LogP contribution is -2.27. The number of sulfonamides is 1. The highest BCUT2D eigenvalue weighted by molar-refractivity contribution is 7.89. The smallest absolute Gasteiger partial charge is 0.241 e. The summed E-state index contributed by atoms with van der Waals surface area (Å²) in [5.41, 5.74) is 1.06. The standard InChI is InChI=1S/C14H13N3O2S/c1-11(14-4-2-3-9-16-14)17-20(18,19)13-7-5-12(10-15)6-8-13/h2-9,11,17H,1H3. The van der Waals surface area contributed by atoms with Gasteiger partial charge in [-0.25, -0.2) is 13.1 Å². The third kappa shape index (κ3) is 3.20. The number of nitrogens with one attached hydrogen (secondary N) is 1. The molecule has 1 atom stereocenters. The van der Waals surface area contributed by atoms with Gasteiger partial charge in [-0.05, 0) is 43.3 Å². The number of hydrogen-bond acceptors (Lipinski definition) is 4. The zero-order valence-corrected chi connectivity index (χ0v) is 11.6. The minimum absolute atomic E-state index is 0.124. The lowest BCUT2D eigenvalue weighted by atomic mass is 10.2. The summed E-state index contributed by atoms with van der Waals surface area (Å²) < 4.78 is 26.9.